The van der Waals surface area contributed by atoms with Gasteiger partial charge in [0, 0.05) is 0 Å². The Balaban J connectivity index is 3.35. The third-order valence-electron chi connectivity index (χ3n) is 0.506. The molecule has 0 aromatic rings. The number of methoxy groups -OCH3 is 1. The third-order valence-corrected chi connectivity index (χ3v) is 1.26. The Kier molecular flexibility index (Phi) is 3.48. The van der Waals surface area contributed by atoms with Crippen molar-refractivity contribution in [3.05, 3.63) is 12.3 Å². The van der Waals surface area contributed by atoms with Gasteiger partial charge < -0.3 is 4.74 Å². The molecule has 1 atom stereocenters. The van der Waals surface area contributed by atoms with Crippen LogP contribution in [0.4, 0.5) is 0 Å². The molecular weight excluding hydrogens is 179 g/mol. The first-order valence-electron chi connectivity index (χ1n) is 1.69. The zero-order valence-corrected chi connectivity index (χ0v) is 6.29. The van der Waals surface area contributed by atoms with Crippen molar-refractivity contribution in [3.8, 4) is 0 Å². The van der Waals surface area contributed by atoms with E-state index < -0.39 is 0 Å². The largest absolute Gasteiger partial charge is 0.499 e. The van der Waals surface area contributed by atoms with Crippen molar-refractivity contribution in [1.82, 2.24) is 0 Å². The summed E-state index contributed by atoms with van der Waals surface area (Å²) in [7, 11) is 1.53. The van der Waals surface area contributed by atoms with Gasteiger partial charge in [0.25, 0.3) is 0 Å². The summed E-state index contributed by atoms with van der Waals surface area (Å²) in [6.07, 6.45) is 0. The summed E-state index contributed by atoms with van der Waals surface area (Å²) in [6.45, 7) is 3.47. The van der Waals surface area contributed by atoms with E-state index in [1.54, 1.807) is 0 Å². The second-order valence-corrected chi connectivity index (χ2v) is 2.85. The van der Waals surface area contributed by atoms with Gasteiger partial charge in [0.2, 0.25) is 0 Å². The molecule has 0 fully saturated rings. The summed E-state index contributed by atoms with van der Waals surface area (Å²) >= 11 is 8.46. The van der Waals surface area contributed by atoms with Crippen LogP contribution in [-0.2, 0) is 4.74 Å². The van der Waals surface area contributed by atoms with Crippen molar-refractivity contribution in [2.75, 3.05) is 7.11 Å². The predicted molar refractivity (Wildman–Crippen MR) is 34.7 cm³/mol. The van der Waals surface area contributed by atoms with E-state index in [-0.39, 0.29) is 4.29 Å². The van der Waals surface area contributed by atoms with Crippen LogP contribution in [0.1, 0.15) is 0 Å². The number of allylic oxidation sites excluding steroid dienone is 1. The fraction of sp³-hybridized carbons (Fsp3) is 0.500. The molecule has 0 saturated heterocycles. The Labute approximate surface area is 56.4 Å². The molecule has 1 unspecified atom stereocenters. The zero-order chi connectivity index (χ0) is 5.86. The van der Waals surface area contributed by atoms with Crippen LogP contribution in [0.3, 0.4) is 0 Å². The molecule has 0 aliphatic carbocycles. The lowest BCUT2D eigenvalue weighted by Crippen LogP contribution is -1.91. The van der Waals surface area contributed by atoms with Crippen LogP contribution < -0.4 is 0 Å². The van der Waals surface area contributed by atoms with Gasteiger partial charge in [-0.2, -0.15) is 0 Å². The Bertz CT molecular complexity index is 72.1. The Morgan fingerprint density at radius 1 is 2.00 bits per heavy atom. The number of ether oxygens (including phenoxy) is 1. The van der Waals surface area contributed by atoms with Crippen LogP contribution >= 0.6 is 27.5 Å². The Hall–Kier alpha value is 0.310. The number of halogens is 2. The molecule has 3 heteroatoms. The summed E-state index contributed by atoms with van der Waals surface area (Å²) in [4.78, 5) is 0. The summed E-state index contributed by atoms with van der Waals surface area (Å²) in [5, 5.41) is 0. The second-order valence-electron chi connectivity index (χ2n) is 0.971. The zero-order valence-electron chi connectivity index (χ0n) is 3.95. The van der Waals surface area contributed by atoms with Crippen LogP contribution in [0.5, 0.6) is 0 Å². The first-order valence-corrected chi connectivity index (χ1v) is 3.04. The maximum atomic E-state index is 5.42. The van der Waals surface area contributed by atoms with Crippen molar-refractivity contribution in [2.45, 2.75) is 4.29 Å². The monoisotopic (exact) mass is 184 g/mol. The van der Waals surface area contributed by atoms with E-state index >= 15 is 0 Å². The third kappa shape index (κ3) is 2.94. The summed E-state index contributed by atoms with van der Waals surface area (Å²) in [5.74, 6) is 0.529. The van der Waals surface area contributed by atoms with E-state index in [2.05, 4.69) is 27.2 Å². The number of hydrogen-bond acceptors (Lipinski definition) is 1. The lowest BCUT2D eigenvalue weighted by Gasteiger charge is -2.01. The quantitative estimate of drug-likeness (QED) is 0.473. The van der Waals surface area contributed by atoms with Gasteiger partial charge in [0.05, 0.1) is 7.11 Å². The van der Waals surface area contributed by atoms with Gasteiger partial charge in [-0.3, -0.25) is 0 Å². The van der Waals surface area contributed by atoms with Crippen molar-refractivity contribution in [3.63, 3.8) is 0 Å². The average molecular weight is 185 g/mol. The number of alkyl halides is 2. The summed E-state index contributed by atoms with van der Waals surface area (Å²) in [6, 6.07) is 0. The molecule has 42 valence electrons. The second kappa shape index (κ2) is 3.33. The van der Waals surface area contributed by atoms with E-state index in [0.29, 0.717) is 5.76 Å². The molecule has 0 aromatic carbocycles. The molecule has 0 saturated carbocycles. The van der Waals surface area contributed by atoms with Gasteiger partial charge in [-0.1, -0.05) is 22.5 Å². The van der Waals surface area contributed by atoms with Gasteiger partial charge in [0.15, 0.2) is 0 Å². The Morgan fingerprint density at radius 2 is 2.43 bits per heavy atom. The highest BCUT2D eigenvalue weighted by Gasteiger charge is 2.00. The number of hydrogen-bond donors (Lipinski definition) is 0. The molecule has 0 aliphatic rings. The van der Waals surface area contributed by atoms with E-state index in [0.717, 1.165) is 0 Å². The smallest absolute Gasteiger partial charge is 0.145 e. The lowest BCUT2D eigenvalue weighted by molar-refractivity contribution is 0.294. The molecule has 1 nitrogen and oxygen atoms in total. The van der Waals surface area contributed by atoms with Crippen molar-refractivity contribution in [2.24, 2.45) is 0 Å². The maximum absolute atomic E-state index is 5.42. The minimum atomic E-state index is -0.266. The van der Waals surface area contributed by atoms with E-state index in [1.807, 2.05) is 0 Å². The average Bonchev–Trinajstić information content (AvgIpc) is 1.65. The van der Waals surface area contributed by atoms with Crippen LogP contribution in [0.15, 0.2) is 12.3 Å². The molecule has 0 amide bonds. The normalized spacial score (nSPS) is 13.0. The molecule has 0 bridgehead atoms. The van der Waals surface area contributed by atoms with E-state index in [4.69, 9.17) is 11.6 Å². The fourth-order valence-electron chi connectivity index (χ4n) is 0.0891. The molecular formula is C4H6BrClO. The van der Waals surface area contributed by atoms with Crippen LogP contribution in [0.2, 0.25) is 0 Å². The van der Waals surface area contributed by atoms with Gasteiger partial charge in [-0.25, -0.2) is 0 Å². The predicted octanol–water partition coefficient (Wildman–Crippen LogP) is 2.11. The topological polar surface area (TPSA) is 9.23 Å². The molecule has 0 heterocycles. The maximum Gasteiger partial charge on any atom is 0.145 e. The number of rotatable bonds is 2. The minimum absolute atomic E-state index is 0.266. The summed E-state index contributed by atoms with van der Waals surface area (Å²) < 4.78 is 4.37. The lowest BCUT2D eigenvalue weighted by atomic mass is 10.7. The van der Waals surface area contributed by atoms with Gasteiger partial charge in [-0.15, -0.1) is 11.6 Å². The van der Waals surface area contributed by atoms with Crippen LogP contribution in [0, 0.1) is 0 Å². The van der Waals surface area contributed by atoms with Gasteiger partial charge in [-0.05, 0) is 0 Å². The molecule has 7 heavy (non-hydrogen) atoms. The van der Waals surface area contributed by atoms with Gasteiger partial charge in [0.1, 0.15) is 10.0 Å². The highest BCUT2D eigenvalue weighted by molar-refractivity contribution is 9.10. The van der Waals surface area contributed by atoms with Crippen molar-refractivity contribution >= 4 is 27.5 Å². The van der Waals surface area contributed by atoms with Crippen molar-refractivity contribution in [1.29, 1.82) is 0 Å². The SMILES string of the molecule is C=C(OC)C(Cl)Br. The fourth-order valence-corrected chi connectivity index (χ4v) is 0.365. The molecule has 0 rings (SSSR count). The van der Waals surface area contributed by atoms with E-state index in [9.17, 15) is 0 Å². The van der Waals surface area contributed by atoms with Gasteiger partial charge >= 0.3 is 0 Å². The first kappa shape index (κ1) is 7.31. The molecule has 0 aromatic heterocycles. The Morgan fingerprint density at radius 3 is 2.43 bits per heavy atom. The van der Waals surface area contributed by atoms with Crippen LogP contribution in [-0.4, -0.2) is 11.4 Å². The van der Waals surface area contributed by atoms with Crippen molar-refractivity contribution < 1.29 is 4.74 Å². The molecule has 0 N–H and O–H groups in total. The highest BCUT2D eigenvalue weighted by atomic mass is 79.9. The summed E-state index contributed by atoms with van der Waals surface area (Å²) in [5.41, 5.74) is 0. The molecule has 0 radical (unpaired) electrons. The standard InChI is InChI=1S/C4H6BrClO/c1-3(7-2)4(5)6/h4H,1H2,2H3. The van der Waals surface area contributed by atoms with Crippen LogP contribution in [0.25, 0.3) is 0 Å². The van der Waals surface area contributed by atoms with E-state index in [1.165, 1.54) is 7.11 Å². The minimum Gasteiger partial charge on any atom is -0.499 e. The molecule has 0 spiro atoms. The highest BCUT2D eigenvalue weighted by Crippen LogP contribution is 2.13. The first-order chi connectivity index (χ1) is 3.18. The molecule has 0 aliphatic heterocycles.